The number of rotatable bonds is 8. The molecule has 4 aromatic rings. The minimum Gasteiger partial charge on any atom is -0.497 e. The third-order valence-corrected chi connectivity index (χ3v) is 4.70. The van der Waals surface area contributed by atoms with E-state index in [0.29, 0.717) is 24.1 Å². The summed E-state index contributed by atoms with van der Waals surface area (Å²) in [5, 5.41) is 7.55. The molecule has 0 saturated carbocycles. The number of allylic oxidation sites excluding steroid dienone is 1. The van der Waals surface area contributed by atoms with Crippen molar-refractivity contribution in [3.8, 4) is 22.9 Å². The molecule has 8 nitrogen and oxygen atoms in total. The van der Waals surface area contributed by atoms with Gasteiger partial charge >= 0.3 is 0 Å². The maximum absolute atomic E-state index is 12.9. The Morgan fingerprint density at radius 3 is 2.34 bits per heavy atom. The van der Waals surface area contributed by atoms with Crippen molar-refractivity contribution in [3.05, 3.63) is 84.3 Å². The van der Waals surface area contributed by atoms with Crippen LogP contribution < -0.4 is 14.8 Å². The van der Waals surface area contributed by atoms with Crippen LogP contribution in [0.15, 0.2) is 77.4 Å². The average Bonchev–Trinajstić information content (AvgIpc) is 3.51. The topological polar surface area (TPSA) is 91.4 Å². The first kappa shape index (κ1) is 20.9. The summed E-state index contributed by atoms with van der Waals surface area (Å²) in [6, 6.07) is 18.3. The molecule has 0 aliphatic heterocycles. The van der Waals surface area contributed by atoms with Crippen LogP contribution in [0.25, 0.3) is 17.5 Å². The molecule has 1 N–H and O–H groups in total. The lowest BCUT2D eigenvalue weighted by Gasteiger charge is -2.04. The van der Waals surface area contributed by atoms with Crippen molar-refractivity contribution in [1.29, 1.82) is 0 Å². The zero-order valence-corrected chi connectivity index (χ0v) is 17.7. The molecule has 0 amide bonds. The van der Waals surface area contributed by atoms with Gasteiger partial charge in [-0.2, -0.15) is 9.67 Å². The van der Waals surface area contributed by atoms with Gasteiger partial charge in [-0.05, 0) is 60.2 Å². The lowest BCUT2D eigenvalue weighted by Crippen LogP contribution is -2.14. The Morgan fingerprint density at radius 2 is 1.72 bits per heavy atom. The lowest BCUT2D eigenvalue weighted by molar-refractivity contribution is 0.0957. The van der Waals surface area contributed by atoms with Crippen LogP contribution in [0.5, 0.6) is 11.5 Å². The van der Waals surface area contributed by atoms with Gasteiger partial charge in [-0.25, -0.2) is 0 Å². The monoisotopic (exact) mass is 430 g/mol. The molecule has 0 saturated heterocycles. The van der Waals surface area contributed by atoms with E-state index in [2.05, 4.69) is 15.4 Å². The van der Waals surface area contributed by atoms with Gasteiger partial charge in [0.15, 0.2) is 5.82 Å². The Hall–Kier alpha value is -4.33. The number of carbonyl (C=O) groups is 1. The van der Waals surface area contributed by atoms with Crippen molar-refractivity contribution in [1.82, 2.24) is 14.8 Å². The van der Waals surface area contributed by atoms with E-state index in [9.17, 15) is 4.79 Å². The molecular formula is C24H22N4O4. The van der Waals surface area contributed by atoms with Crippen LogP contribution >= 0.6 is 0 Å². The smallest absolute Gasteiger partial charge is 0.274 e. The number of nitrogens with one attached hydrogen (secondary N) is 1. The molecule has 162 valence electrons. The van der Waals surface area contributed by atoms with Crippen molar-refractivity contribution < 1.29 is 18.7 Å². The minimum absolute atomic E-state index is 0.316. The Balaban J connectivity index is 1.60. The molecule has 0 aliphatic carbocycles. The summed E-state index contributed by atoms with van der Waals surface area (Å²) in [7, 11) is 3.21. The van der Waals surface area contributed by atoms with Crippen molar-refractivity contribution in [2.24, 2.45) is 0 Å². The van der Waals surface area contributed by atoms with Crippen molar-refractivity contribution in [3.63, 3.8) is 0 Å². The van der Waals surface area contributed by atoms with E-state index in [0.717, 1.165) is 22.6 Å². The first-order valence-corrected chi connectivity index (χ1v) is 9.90. The highest BCUT2D eigenvalue weighted by atomic mass is 16.5. The van der Waals surface area contributed by atoms with Crippen molar-refractivity contribution in [2.75, 3.05) is 19.5 Å². The molecule has 0 spiro atoms. The average molecular weight is 430 g/mol. The van der Waals surface area contributed by atoms with Gasteiger partial charge in [0.2, 0.25) is 5.95 Å². The molecule has 2 aromatic carbocycles. The van der Waals surface area contributed by atoms with Crippen LogP contribution in [0.1, 0.15) is 16.1 Å². The quantitative estimate of drug-likeness (QED) is 0.411. The summed E-state index contributed by atoms with van der Waals surface area (Å²) in [4.78, 5) is 17.5. The third-order valence-electron chi connectivity index (χ3n) is 4.70. The highest BCUT2D eigenvalue weighted by molar-refractivity contribution is 5.94. The third kappa shape index (κ3) is 4.86. The second-order valence-electron chi connectivity index (χ2n) is 6.78. The number of hydrogen-bond donors (Lipinski definition) is 1. The SMILES string of the molecule is COc1ccc(C=CC(=O)n2nc(-c3ccc(OC)cc3)nc2NCc2ccco2)cc1. The first-order valence-electron chi connectivity index (χ1n) is 9.90. The predicted molar refractivity (Wildman–Crippen MR) is 121 cm³/mol. The fraction of sp³-hybridized carbons (Fsp3) is 0.125. The predicted octanol–water partition coefficient (Wildman–Crippen LogP) is 4.52. The summed E-state index contributed by atoms with van der Waals surface area (Å²) in [5.74, 6) is 2.58. The van der Waals surface area contributed by atoms with Gasteiger partial charge < -0.3 is 19.2 Å². The second-order valence-corrected chi connectivity index (χ2v) is 6.78. The second kappa shape index (κ2) is 9.65. The van der Waals surface area contributed by atoms with E-state index in [1.807, 2.05) is 54.6 Å². The van der Waals surface area contributed by atoms with E-state index >= 15 is 0 Å². The lowest BCUT2D eigenvalue weighted by atomic mass is 10.2. The van der Waals surface area contributed by atoms with Crippen LogP contribution in [0.2, 0.25) is 0 Å². The molecule has 0 atom stereocenters. The van der Waals surface area contributed by atoms with Gasteiger partial charge in [0.25, 0.3) is 5.91 Å². The summed E-state index contributed by atoms with van der Waals surface area (Å²) >= 11 is 0. The number of carbonyl (C=O) groups excluding carboxylic acids is 1. The summed E-state index contributed by atoms with van der Waals surface area (Å²) in [5.41, 5.74) is 1.62. The van der Waals surface area contributed by atoms with Gasteiger partial charge in [-0.1, -0.05) is 12.1 Å². The largest absolute Gasteiger partial charge is 0.497 e. The van der Waals surface area contributed by atoms with Crippen LogP contribution in [-0.4, -0.2) is 34.9 Å². The molecule has 32 heavy (non-hydrogen) atoms. The molecule has 0 aliphatic rings. The van der Waals surface area contributed by atoms with Gasteiger partial charge in [-0.3, -0.25) is 4.79 Å². The normalized spacial score (nSPS) is 10.9. The number of nitrogens with zero attached hydrogens (tertiary/aromatic N) is 3. The highest BCUT2D eigenvalue weighted by Crippen LogP contribution is 2.22. The number of ether oxygens (including phenoxy) is 2. The maximum atomic E-state index is 12.9. The Bertz CT molecular complexity index is 1190. The van der Waals surface area contributed by atoms with Crippen LogP contribution in [-0.2, 0) is 6.54 Å². The van der Waals surface area contributed by atoms with Crippen molar-refractivity contribution in [2.45, 2.75) is 6.54 Å². The van der Waals surface area contributed by atoms with E-state index < -0.39 is 0 Å². The van der Waals surface area contributed by atoms with Crippen LogP contribution in [0.3, 0.4) is 0 Å². The number of hydrogen-bond acceptors (Lipinski definition) is 7. The minimum atomic E-state index is -0.338. The molecule has 0 radical (unpaired) electrons. The summed E-state index contributed by atoms with van der Waals surface area (Å²) < 4.78 is 17.0. The molecule has 2 heterocycles. The summed E-state index contributed by atoms with van der Waals surface area (Å²) in [6.07, 6.45) is 4.76. The van der Waals surface area contributed by atoms with E-state index in [1.54, 1.807) is 32.6 Å². The van der Waals surface area contributed by atoms with Gasteiger partial charge in [0.05, 0.1) is 27.0 Å². The van der Waals surface area contributed by atoms with Crippen molar-refractivity contribution >= 4 is 17.9 Å². The fourth-order valence-corrected chi connectivity index (χ4v) is 2.98. The number of anilines is 1. The number of methoxy groups -OCH3 is 2. The molecule has 0 fully saturated rings. The molecule has 0 unspecified atom stereocenters. The Kier molecular flexibility index (Phi) is 6.31. The zero-order valence-electron chi connectivity index (χ0n) is 17.7. The Labute approximate surface area is 185 Å². The van der Waals surface area contributed by atoms with Gasteiger partial charge in [0.1, 0.15) is 17.3 Å². The first-order chi connectivity index (χ1) is 15.7. The summed E-state index contributed by atoms with van der Waals surface area (Å²) in [6.45, 7) is 0.364. The number of aromatic nitrogens is 3. The van der Waals surface area contributed by atoms with Crippen LogP contribution in [0, 0.1) is 0 Å². The van der Waals surface area contributed by atoms with Crippen LogP contribution in [0.4, 0.5) is 5.95 Å². The standard InChI is InChI=1S/C24H22N4O4/c1-30-19-10-5-17(6-11-19)7-14-22(29)28-24(25-16-21-4-3-15-32-21)26-23(27-28)18-8-12-20(31-2)13-9-18/h3-15H,16H2,1-2H3,(H,25,26,27). The zero-order chi connectivity index (χ0) is 22.3. The maximum Gasteiger partial charge on any atom is 0.274 e. The molecular weight excluding hydrogens is 408 g/mol. The van der Waals surface area contributed by atoms with Gasteiger partial charge in [0, 0.05) is 11.6 Å². The van der Waals surface area contributed by atoms with Gasteiger partial charge in [-0.15, -0.1) is 5.10 Å². The van der Waals surface area contributed by atoms with E-state index in [4.69, 9.17) is 13.9 Å². The molecule has 8 heteroatoms. The number of furan rings is 1. The van der Waals surface area contributed by atoms with E-state index in [1.165, 1.54) is 10.8 Å². The highest BCUT2D eigenvalue weighted by Gasteiger charge is 2.16. The Morgan fingerprint density at radius 1 is 1.03 bits per heavy atom. The molecule has 0 bridgehead atoms. The molecule has 4 rings (SSSR count). The van der Waals surface area contributed by atoms with E-state index in [-0.39, 0.29) is 5.91 Å². The molecule has 2 aromatic heterocycles. The fourth-order valence-electron chi connectivity index (χ4n) is 2.98. The number of benzene rings is 2.